The van der Waals surface area contributed by atoms with Gasteiger partial charge in [-0.25, -0.2) is 9.67 Å². The Hall–Kier alpha value is -3.25. The number of hydrogen-bond acceptors (Lipinski definition) is 13. The normalized spacial score (nSPS) is 22.0. The first kappa shape index (κ1) is 31.7. The lowest BCUT2D eigenvalue weighted by molar-refractivity contribution is -0.157. The summed E-state index contributed by atoms with van der Waals surface area (Å²) in [7, 11) is 0. The van der Waals surface area contributed by atoms with Gasteiger partial charge in [0.1, 0.15) is 28.6 Å². The maximum atomic E-state index is 13.2. The van der Waals surface area contributed by atoms with Crippen molar-refractivity contribution < 1.29 is 29.1 Å². The van der Waals surface area contributed by atoms with E-state index in [0.29, 0.717) is 18.1 Å². The molecule has 2 fully saturated rings. The highest BCUT2D eigenvalue weighted by atomic mass is 32.2. The number of carboxylic acids is 1. The number of unbranched alkanes of at least 4 members (excludes halogenated alkanes) is 3. The molecule has 42 heavy (non-hydrogen) atoms. The lowest BCUT2D eigenvalue weighted by Crippen LogP contribution is -2.74. The fraction of sp³-hybridized carbons (Fsp3) is 0.625. The summed E-state index contributed by atoms with van der Waals surface area (Å²) in [6, 6.07) is -0.868. The number of hydrogen-bond donors (Lipinski definition) is 3. The zero-order chi connectivity index (χ0) is 30.3. The van der Waals surface area contributed by atoms with Crippen LogP contribution >= 0.6 is 34.9 Å². The smallest absolute Gasteiger partial charge is 0.313 e. The number of fused-ring (bicyclic) bond motifs is 1. The van der Waals surface area contributed by atoms with Gasteiger partial charge in [-0.1, -0.05) is 43.1 Å². The standard InChI is InChI=1S/C24H33N9O6S3/c1-4-5-6-7-8-33-23(28-30-31-33)42-12-24(21(37)38)10-32-19(36)17(20(32)41-11-24)27-18(35)16(29-39-14(2)3)15-9-40-22(26-15)25-13-34/h9,13-14,17,20H,4-8,10-12H2,1-3H3,(H,27,35)(H,37,38)(H,25,26,34)/t17?,20-,24?/m1/s1. The van der Waals surface area contributed by atoms with E-state index in [1.54, 1.807) is 23.9 Å². The number of oxime groups is 1. The molecule has 0 saturated carbocycles. The second-order valence-corrected chi connectivity index (χ2v) is 13.0. The molecule has 18 heteroatoms. The number of anilines is 1. The number of rotatable bonds is 16. The average molecular weight is 640 g/mol. The van der Waals surface area contributed by atoms with Crippen LogP contribution in [0, 0.1) is 5.41 Å². The molecule has 0 bridgehead atoms. The van der Waals surface area contributed by atoms with Crippen molar-refractivity contribution in [3.8, 4) is 0 Å². The number of thioether (sulfide) groups is 2. The molecule has 228 valence electrons. The van der Waals surface area contributed by atoms with Crippen molar-refractivity contribution in [3.63, 3.8) is 0 Å². The van der Waals surface area contributed by atoms with Crippen molar-refractivity contribution in [2.24, 2.45) is 10.6 Å². The van der Waals surface area contributed by atoms with Gasteiger partial charge in [0.15, 0.2) is 10.8 Å². The maximum Gasteiger partial charge on any atom is 0.313 e. The Morgan fingerprint density at radius 1 is 1.36 bits per heavy atom. The van der Waals surface area contributed by atoms with Crippen LogP contribution in [-0.2, 0) is 30.6 Å². The molecular weight excluding hydrogens is 607 g/mol. The van der Waals surface area contributed by atoms with E-state index in [-0.39, 0.29) is 46.6 Å². The number of thiazole rings is 1. The molecule has 0 radical (unpaired) electrons. The lowest BCUT2D eigenvalue weighted by Gasteiger charge is -2.53. The second kappa shape index (κ2) is 14.3. The topological polar surface area (TPSA) is 194 Å². The maximum absolute atomic E-state index is 13.2. The predicted octanol–water partition coefficient (Wildman–Crippen LogP) is 1.67. The molecule has 4 rings (SSSR count). The van der Waals surface area contributed by atoms with Crippen molar-refractivity contribution >= 4 is 69.9 Å². The van der Waals surface area contributed by atoms with Gasteiger partial charge < -0.3 is 25.5 Å². The van der Waals surface area contributed by atoms with Gasteiger partial charge in [0.2, 0.25) is 17.5 Å². The van der Waals surface area contributed by atoms with Crippen LogP contribution in [0.2, 0.25) is 0 Å². The second-order valence-electron chi connectivity index (χ2n) is 10.1. The van der Waals surface area contributed by atoms with Crippen LogP contribution in [0.3, 0.4) is 0 Å². The number of amides is 3. The third-order valence-electron chi connectivity index (χ3n) is 6.58. The molecule has 3 N–H and O–H groups in total. The Morgan fingerprint density at radius 3 is 2.88 bits per heavy atom. The molecule has 3 amide bonds. The molecule has 15 nitrogen and oxygen atoms in total. The highest BCUT2D eigenvalue weighted by Gasteiger charge is 2.57. The van der Waals surface area contributed by atoms with Gasteiger partial charge in [0.25, 0.3) is 5.91 Å². The third kappa shape index (κ3) is 7.20. The number of carbonyl (C=O) groups is 4. The van der Waals surface area contributed by atoms with Gasteiger partial charge in [-0.2, -0.15) is 0 Å². The van der Waals surface area contributed by atoms with Gasteiger partial charge >= 0.3 is 5.97 Å². The first-order valence-electron chi connectivity index (χ1n) is 13.4. The molecule has 4 heterocycles. The van der Waals surface area contributed by atoms with Gasteiger partial charge in [0.05, 0.1) is 0 Å². The van der Waals surface area contributed by atoms with Crippen molar-refractivity contribution in [1.29, 1.82) is 0 Å². The number of nitrogens with one attached hydrogen (secondary N) is 2. The first-order chi connectivity index (χ1) is 20.2. The number of carboxylic acid groups (broad SMARTS) is 1. The fourth-order valence-electron chi connectivity index (χ4n) is 4.31. The SMILES string of the molecule is CCCCCCn1nnnc1SCC1(C(=O)O)CS[C@@H]2C(NC(=O)C(=NOC(C)C)c3csc(NC=O)n3)C(=O)N2C1. The Labute approximate surface area is 254 Å². The molecule has 0 spiro atoms. The first-order valence-corrected chi connectivity index (χ1v) is 16.4. The monoisotopic (exact) mass is 639 g/mol. The minimum Gasteiger partial charge on any atom is -0.481 e. The fourth-order valence-corrected chi connectivity index (χ4v) is 7.73. The van der Waals surface area contributed by atoms with E-state index < -0.39 is 28.7 Å². The van der Waals surface area contributed by atoms with E-state index in [0.717, 1.165) is 37.0 Å². The van der Waals surface area contributed by atoms with E-state index in [1.165, 1.54) is 28.4 Å². The summed E-state index contributed by atoms with van der Waals surface area (Å²) in [6.07, 6.45) is 4.39. The van der Waals surface area contributed by atoms with Gasteiger partial charge in [0, 0.05) is 30.0 Å². The van der Waals surface area contributed by atoms with Crippen molar-refractivity contribution in [3.05, 3.63) is 11.1 Å². The van der Waals surface area contributed by atoms with Crippen molar-refractivity contribution in [2.75, 3.05) is 23.4 Å². The predicted molar refractivity (Wildman–Crippen MR) is 157 cm³/mol. The molecule has 2 aromatic rings. The minimum atomic E-state index is -1.21. The zero-order valence-corrected chi connectivity index (χ0v) is 25.8. The molecule has 0 aromatic carbocycles. The van der Waals surface area contributed by atoms with Crippen molar-refractivity contribution in [2.45, 2.75) is 75.7 Å². The number of β-lactam (4-membered cyclic amide) rings is 1. The summed E-state index contributed by atoms with van der Waals surface area (Å²) in [5.74, 6) is -1.65. The molecule has 3 atom stereocenters. The molecular formula is C24H33N9O6S3. The summed E-state index contributed by atoms with van der Waals surface area (Å²) in [5.41, 5.74) is -1.18. The minimum absolute atomic E-state index is 0.000483. The lowest BCUT2D eigenvalue weighted by atomic mass is 9.89. The third-order valence-corrected chi connectivity index (χ3v) is 10.2. The molecule has 2 aliphatic heterocycles. The van der Waals surface area contributed by atoms with Crippen LogP contribution in [-0.4, -0.2) is 101 Å². The molecule has 2 aromatic heterocycles. The molecule has 2 unspecified atom stereocenters. The van der Waals surface area contributed by atoms with Crippen LogP contribution in [0.5, 0.6) is 0 Å². The Balaban J connectivity index is 1.40. The van der Waals surface area contributed by atoms with E-state index >= 15 is 0 Å². The summed E-state index contributed by atoms with van der Waals surface area (Å²) >= 11 is 3.68. The molecule has 2 saturated heterocycles. The number of aliphatic carboxylic acids is 1. The van der Waals surface area contributed by atoms with Gasteiger partial charge in [-0.15, -0.1) is 28.2 Å². The van der Waals surface area contributed by atoms with Gasteiger partial charge in [-0.3, -0.25) is 19.2 Å². The number of aromatic nitrogens is 5. The summed E-state index contributed by atoms with van der Waals surface area (Å²) in [6.45, 7) is 6.28. The summed E-state index contributed by atoms with van der Waals surface area (Å²) in [5, 5.41) is 33.0. The highest BCUT2D eigenvalue weighted by Crippen LogP contribution is 2.44. The Morgan fingerprint density at radius 2 is 2.17 bits per heavy atom. The quantitative estimate of drug-likeness (QED) is 0.0602. The molecule has 2 aliphatic rings. The average Bonchev–Trinajstić information content (AvgIpc) is 3.62. The zero-order valence-electron chi connectivity index (χ0n) is 23.4. The van der Waals surface area contributed by atoms with Crippen LogP contribution in [0.15, 0.2) is 15.7 Å². The number of aryl methyl sites for hydroxylation is 1. The largest absolute Gasteiger partial charge is 0.481 e. The van der Waals surface area contributed by atoms with Crippen LogP contribution in [0.1, 0.15) is 52.1 Å². The highest BCUT2D eigenvalue weighted by molar-refractivity contribution is 8.00. The van der Waals surface area contributed by atoms with E-state index in [9.17, 15) is 24.3 Å². The number of nitrogens with zero attached hydrogens (tertiary/aromatic N) is 7. The van der Waals surface area contributed by atoms with Crippen LogP contribution < -0.4 is 10.6 Å². The number of carbonyl (C=O) groups excluding carboxylic acids is 3. The summed E-state index contributed by atoms with van der Waals surface area (Å²) < 4.78 is 1.69. The van der Waals surface area contributed by atoms with Crippen molar-refractivity contribution in [1.82, 2.24) is 35.4 Å². The molecule has 0 aliphatic carbocycles. The van der Waals surface area contributed by atoms with Crippen LogP contribution in [0.4, 0.5) is 5.13 Å². The Bertz CT molecular complexity index is 1320. The van der Waals surface area contributed by atoms with E-state index in [4.69, 9.17) is 4.84 Å². The van der Waals surface area contributed by atoms with E-state index in [1.807, 2.05) is 0 Å². The Kier molecular flexibility index (Phi) is 10.8. The number of tetrazole rings is 1. The van der Waals surface area contributed by atoms with E-state index in [2.05, 4.69) is 43.2 Å². The summed E-state index contributed by atoms with van der Waals surface area (Å²) in [4.78, 5) is 60.5. The van der Waals surface area contributed by atoms with Gasteiger partial charge in [-0.05, 0) is 30.7 Å². The van der Waals surface area contributed by atoms with Crippen LogP contribution in [0.25, 0.3) is 0 Å².